The second-order valence-electron chi connectivity index (χ2n) is 7.42. The molecule has 5 aromatic rings. The lowest BCUT2D eigenvalue weighted by molar-refractivity contribution is 0.102. The number of nitrogens with zero attached hydrogens (tertiary/aromatic N) is 1. The number of aryl methyl sites for hydroxylation is 1. The predicted octanol–water partition coefficient (Wildman–Crippen LogP) is 6.67. The van der Waals surface area contributed by atoms with E-state index in [-0.39, 0.29) is 5.91 Å². The van der Waals surface area contributed by atoms with Crippen LogP contribution in [0, 0.1) is 6.92 Å². The maximum absolute atomic E-state index is 12.7. The van der Waals surface area contributed by atoms with E-state index in [1.165, 1.54) is 0 Å². The van der Waals surface area contributed by atoms with E-state index in [0.717, 1.165) is 44.6 Å². The van der Waals surface area contributed by atoms with Crippen LogP contribution in [0.2, 0.25) is 5.02 Å². The molecule has 0 unspecified atom stereocenters. The minimum atomic E-state index is -0.180. The third-order valence-corrected chi connectivity index (χ3v) is 5.38. The third-order valence-electron chi connectivity index (χ3n) is 5.15. The molecule has 3 aromatic carbocycles. The molecule has 1 amide bonds. The summed E-state index contributed by atoms with van der Waals surface area (Å²) in [6.07, 6.45) is 0. The smallest absolute Gasteiger partial charge is 0.272 e. The summed E-state index contributed by atoms with van der Waals surface area (Å²) in [6, 6.07) is 24.9. The lowest BCUT2D eigenvalue weighted by atomic mass is 10.1. The van der Waals surface area contributed by atoms with Crippen LogP contribution in [-0.2, 0) is 0 Å². The molecule has 0 fully saturated rings. The topological polar surface area (TPSA) is 69.8 Å². The molecule has 2 aromatic heterocycles. The number of hydrogen-bond donors (Lipinski definition) is 3. The van der Waals surface area contributed by atoms with Gasteiger partial charge in [0.1, 0.15) is 11.5 Å². The molecule has 0 bridgehead atoms. The minimum Gasteiger partial charge on any atom is -0.351 e. The molecule has 0 aliphatic heterocycles. The van der Waals surface area contributed by atoms with Gasteiger partial charge in [-0.3, -0.25) is 4.79 Å². The van der Waals surface area contributed by atoms with E-state index in [9.17, 15) is 4.79 Å². The van der Waals surface area contributed by atoms with Gasteiger partial charge in [0.05, 0.1) is 5.52 Å². The van der Waals surface area contributed by atoms with Crippen molar-refractivity contribution in [3.63, 3.8) is 0 Å². The number of rotatable bonds is 4. The number of benzene rings is 3. The number of pyridine rings is 1. The fourth-order valence-corrected chi connectivity index (χ4v) is 3.83. The van der Waals surface area contributed by atoms with Crippen LogP contribution in [0.5, 0.6) is 0 Å². The highest BCUT2D eigenvalue weighted by Gasteiger charge is 2.11. The largest absolute Gasteiger partial charge is 0.351 e. The Kier molecular flexibility index (Phi) is 4.81. The molecule has 0 aliphatic carbocycles. The zero-order valence-corrected chi connectivity index (χ0v) is 17.5. The van der Waals surface area contributed by atoms with Crippen molar-refractivity contribution in [3.8, 4) is 0 Å². The van der Waals surface area contributed by atoms with Crippen LogP contribution in [0.25, 0.3) is 21.8 Å². The molecule has 0 spiro atoms. The number of halogens is 1. The number of aromatic amines is 1. The van der Waals surface area contributed by atoms with Crippen LogP contribution in [0.3, 0.4) is 0 Å². The minimum absolute atomic E-state index is 0.180. The van der Waals surface area contributed by atoms with Gasteiger partial charge in [0, 0.05) is 32.7 Å². The monoisotopic (exact) mass is 426 g/mol. The molecule has 2 heterocycles. The van der Waals surface area contributed by atoms with E-state index in [2.05, 4.69) is 15.6 Å². The van der Waals surface area contributed by atoms with Crippen molar-refractivity contribution in [2.75, 3.05) is 10.6 Å². The van der Waals surface area contributed by atoms with Gasteiger partial charge in [-0.2, -0.15) is 0 Å². The van der Waals surface area contributed by atoms with Gasteiger partial charge in [-0.1, -0.05) is 35.9 Å². The van der Waals surface area contributed by atoms with E-state index in [1.807, 2.05) is 85.8 Å². The van der Waals surface area contributed by atoms with Gasteiger partial charge in [-0.25, -0.2) is 4.98 Å². The Labute approximate surface area is 184 Å². The van der Waals surface area contributed by atoms with Crippen LogP contribution >= 0.6 is 11.6 Å². The number of carbonyl (C=O) groups excluding carboxylic acids is 1. The van der Waals surface area contributed by atoms with Crippen molar-refractivity contribution in [2.24, 2.45) is 0 Å². The van der Waals surface area contributed by atoms with Gasteiger partial charge >= 0.3 is 0 Å². The van der Waals surface area contributed by atoms with Gasteiger partial charge in [-0.15, -0.1) is 0 Å². The normalized spacial score (nSPS) is 11.0. The Bertz CT molecular complexity index is 1410. The first-order chi connectivity index (χ1) is 15.0. The van der Waals surface area contributed by atoms with Crippen molar-refractivity contribution < 1.29 is 4.79 Å². The number of carbonyl (C=O) groups is 1. The number of H-pyrrole nitrogens is 1. The molecule has 3 N–H and O–H groups in total. The fourth-order valence-electron chi connectivity index (χ4n) is 3.64. The molecule has 0 radical (unpaired) electrons. The van der Waals surface area contributed by atoms with Crippen molar-refractivity contribution in [1.29, 1.82) is 0 Å². The summed E-state index contributed by atoms with van der Waals surface area (Å²) >= 11 is 6.07. The molecular formula is C25H19ClN4O. The Balaban J connectivity index is 1.40. The fraction of sp³-hybridized carbons (Fsp3) is 0.0400. The summed E-state index contributed by atoms with van der Waals surface area (Å²) < 4.78 is 0. The average Bonchev–Trinajstić information content (AvgIpc) is 3.19. The summed E-state index contributed by atoms with van der Waals surface area (Å²) in [7, 11) is 0. The number of anilines is 3. The lowest BCUT2D eigenvalue weighted by Crippen LogP contribution is -2.12. The summed E-state index contributed by atoms with van der Waals surface area (Å²) in [4.78, 5) is 20.6. The van der Waals surface area contributed by atoms with E-state index in [1.54, 1.807) is 0 Å². The first-order valence-electron chi connectivity index (χ1n) is 9.88. The van der Waals surface area contributed by atoms with Crippen molar-refractivity contribution in [2.45, 2.75) is 6.92 Å². The maximum atomic E-state index is 12.7. The van der Waals surface area contributed by atoms with E-state index in [0.29, 0.717) is 10.7 Å². The van der Waals surface area contributed by atoms with Crippen LogP contribution < -0.4 is 10.6 Å². The van der Waals surface area contributed by atoms with Crippen molar-refractivity contribution >= 4 is 56.5 Å². The van der Waals surface area contributed by atoms with E-state index in [4.69, 9.17) is 16.6 Å². The van der Waals surface area contributed by atoms with Crippen molar-refractivity contribution in [3.05, 3.63) is 95.1 Å². The molecule has 0 saturated carbocycles. The van der Waals surface area contributed by atoms with Gasteiger partial charge in [-0.05, 0) is 67.1 Å². The van der Waals surface area contributed by atoms with Crippen molar-refractivity contribution in [1.82, 2.24) is 9.97 Å². The number of nitrogens with one attached hydrogen (secondary N) is 3. The second-order valence-corrected chi connectivity index (χ2v) is 7.85. The number of fused-ring (bicyclic) bond motifs is 2. The zero-order valence-electron chi connectivity index (χ0n) is 16.7. The predicted molar refractivity (Wildman–Crippen MR) is 127 cm³/mol. The first kappa shape index (κ1) is 19.2. The second kappa shape index (κ2) is 7.78. The quantitative estimate of drug-likeness (QED) is 0.300. The average molecular weight is 427 g/mol. The summed E-state index contributed by atoms with van der Waals surface area (Å²) in [6.45, 7) is 2.02. The highest BCUT2D eigenvalue weighted by molar-refractivity contribution is 6.30. The Morgan fingerprint density at radius 2 is 1.81 bits per heavy atom. The lowest BCUT2D eigenvalue weighted by Gasteiger charge is -2.11. The van der Waals surface area contributed by atoms with Crippen LogP contribution in [0.4, 0.5) is 17.2 Å². The number of hydrogen-bond acceptors (Lipinski definition) is 3. The molecule has 5 rings (SSSR count). The van der Waals surface area contributed by atoms with Gasteiger partial charge < -0.3 is 15.6 Å². The Morgan fingerprint density at radius 3 is 2.65 bits per heavy atom. The molecule has 0 saturated heterocycles. The van der Waals surface area contributed by atoms with Crippen LogP contribution in [0.15, 0.2) is 78.9 Å². The third kappa shape index (κ3) is 3.96. The molecule has 152 valence electrons. The molecule has 5 nitrogen and oxygen atoms in total. The number of amides is 1. The number of para-hydroxylation sites is 1. The molecule has 6 heteroatoms. The highest BCUT2D eigenvalue weighted by atomic mass is 35.5. The maximum Gasteiger partial charge on any atom is 0.272 e. The molecular weight excluding hydrogens is 408 g/mol. The molecule has 31 heavy (non-hydrogen) atoms. The van der Waals surface area contributed by atoms with Crippen LogP contribution in [0.1, 0.15) is 16.1 Å². The van der Waals surface area contributed by atoms with E-state index >= 15 is 0 Å². The summed E-state index contributed by atoms with van der Waals surface area (Å²) in [5, 5.41) is 8.91. The molecule has 0 atom stereocenters. The van der Waals surface area contributed by atoms with Gasteiger partial charge in [0.25, 0.3) is 5.91 Å². The zero-order chi connectivity index (χ0) is 21.4. The Morgan fingerprint density at radius 1 is 0.935 bits per heavy atom. The standard InChI is InChI=1S/C25H19ClN4O/c1-15-11-24(27-18-7-4-6-17(26)13-18)30-22-10-9-19(14-20(15)22)28-25(31)23-12-16-5-2-3-8-21(16)29-23/h2-14,29H,1H3,(H,27,30)(H,28,31). The van der Waals surface area contributed by atoms with Gasteiger partial charge in [0.2, 0.25) is 0 Å². The summed E-state index contributed by atoms with van der Waals surface area (Å²) in [5.74, 6) is 0.558. The summed E-state index contributed by atoms with van der Waals surface area (Å²) in [5.41, 5.74) is 4.95. The first-order valence-corrected chi connectivity index (χ1v) is 10.3. The Hall–Kier alpha value is -3.83. The highest BCUT2D eigenvalue weighted by Crippen LogP contribution is 2.26. The molecule has 0 aliphatic rings. The van der Waals surface area contributed by atoms with E-state index < -0.39 is 0 Å². The van der Waals surface area contributed by atoms with Gasteiger partial charge in [0.15, 0.2) is 0 Å². The number of aromatic nitrogens is 2. The SMILES string of the molecule is Cc1cc(Nc2cccc(Cl)c2)nc2ccc(NC(=O)c3cc4ccccc4[nH]3)cc12. The van der Waals surface area contributed by atoms with Crippen LogP contribution in [-0.4, -0.2) is 15.9 Å².